The number of benzene rings is 1. The van der Waals surface area contributed by atoms with Crippen molar-refractivity contribution in [2.24, 2.45) is 17.1 Å². The molecule has 1 aromatic carbocycles. The Hall–Kier alpha value is -0.120. The summed E-state index contributed by atoms with van der Waals surface area (Å²) in [7, 11) is 0. The average molecular weight is 363 g/mol. The molecule has 1 fully saturated rings. The Kier molecular flexibility index (Phi) is 4.54. The molecule has 112 valence electrons. The molecule has 2 atom stereocenters. The van der Waals surface area contributed by atoms with Crippen molar-refractivity contribution < 1.29 is 4.39 Å². The van der Waals surface area contributed by atoms with Gasteiger partial charge in [-0.3, -0.25) is 0 Å². The molecule has 4 heteroatoms. The number of hydrogen-bond acceptors (Lipinski definition) is 1. The zero-order chi connectivity index (χ0) is 15.1. The number of hydrogen-bond donors (Lipinski definition) is 1. The smallest absolute Gasteiger partial charge is 0.147 e. The van der Waals surface area contributed by atoms with E-state index in [0.717, 1.165) is 25.7 Å². The number of halogens is 3. The summed E-state index contributed by atoms with van der Waals surface area (Å²) in [5, 5.41) is 0.130. The van der Waals surface area contributed by atoms with Gasteiger partial charge >= 0.3 is 0 Å². The molecule has 0 spiro atoms. The van der Waals surface area contributed by atoms with Crippen molar-refractivity contribution in [3.8, 4) is 0 Å². The van der Waals surface area contributed by atoms with Crippen LogP contribution in [0.4, 0.5) is 4.39 Å². The van der Waals surface area contributed by atoms with Crippen LogP contribution in [-0.4, -0.2) is 0 Å². The Morgan fingerprint density at radius 1 is 1.35 bits per heavy atom. The van der Waals surface area contributed by atoms with Crippen LogP contribution in [0.15, 0.2) is 16.6 Å². The average Bonchev–Trinajstić information content (AvgIpc) is 2.35. The molecule has 20 heavy (non-hydrogen) atoms. The first-order valence-corrected chi connectivity index (χ1v) is 8.28. The van der Waals surface area contributed by atoms with Gasteiger partial charge in [-0.15, -0.1) is 0 Å². The number of nitrogens with two attached hydrogens (primary N) is 1. The largest absolute Gasteiger partial charge is 0.321 e. The summed E-state index contributed by atoms with van der Waals surface area (Å²) in [5.41, 5.74) is 6.69. The van der Waals surface area contributed by atoms with Gasteiger partial charge in [0.05, 0.1) is 5.02 Å². The van der Waals surface area contributed by atoms with E-state index in [2.05, 4.69) is 36.7 Å². The van der Waals surface area contributed by atoms with Crippen molar-refractivity contribution in [1.82, 2.24) is 0 Å². The fourth-order valence-corrected chi connectivity index (χ4v) is 4.08. The Labute approximate surface area is 134 Å². The monoisotopic (exact) mass is 361 g/mol. The van der Waals surface area contributed by atoms with Crippen molar-refractivity contribution >= 4 is 27.5 Å². The second kappa shape index (κ2) is 5.58. The van der Waals surface area contributed by atoms with E-state index in [1.54, 1.807) is 12.1 Å². The minimum atomic E-state index is -0.634. The fraction of sp³-hybridized carbons (Fsp3) is 0.625. The van der Waals surface area contributed by atoms with E-state index in [-0.39, 0.29) is 22.2 Å². The van der Waals surface area contributed by atoms with E-state index < -0.39 is 5.54 Å². The van der Waals surface area contributed by atoms with E-state index in [9.17, 15) is 4.39 Å². The second-order valence-electron chi connectivity index (χ2n) is 6.93. The summed E-state index contributed by atoms with van der Waals surface area (Å²) in [4.78, 5) is 0. The Balaban J connectivity index is 2.55. The summed E-state index contributed by atoms with van der Waals surface area (Å²) in [6.45, 7) is 6.55. The minimum Gasteiger partial charge on any atom is -0.321 e. The standard InChI is InChI=1S/C16H22BrClFN/c1-15(2,3)12-6-4-5-9-16(12,20)10-7-8-11(17)13(18)14(10)19/h7-8,12H,4-6,9,20H2,1-3H3. The maximum Gasteiger partial charge on any atom is 0.147 e. The van der Waals surface area contributed by atoms with Gasteiger partial charge in [0, 0.05) is 15.6 Å². The lowest BCUT2D eigenvalue weighted by Crippen LogP contribution is -2.51. The molecule has 0 saturated heterocycles. The van der Waals surface area contributed by atoms with Crippen LogP contribution >= 0.6 is 27.5 Å². The van der Waals surface area contributed by atoms with Crippen molar-refractivity contribution in [3.05, 3.63) is 33.0 Å². The highest BCUT2D eigenvalue weighted by molar-refractivity contribution is 9.10. The lowest BCUT2D eigenvalue weighted by atomic mass is 9.60. The lowest BCUT2D eigenvalue weighted by molar-refractivity contribution is 0.0752. The Bertz CT molecular complexity index is 512. The second-order valence-corrected chi connectivity index (χ2v) is 8.16. The minimum absolute atomic E-state index is 0.0428. The van der Waals surface area contributed by atoms with Gasteiger partial charge in [0.1, 0.15) is 5.82 Å². The fourth-order valence-electron chi connectivity index (χ4n) is 3.61. The van der Waals surface area contributed by atoms with E-state index >= 15 is 0 Å². The van der Waals surface area contributed by atoms with Gasteiger partial charge in [0.25, 0.3) is 0 Å². The van der Waals surface area contributed by atoms with Crippen LogP contribution in [0.3, 0.4) is 0 Å². The first kappa shape index (κ1) is 16.3. The predicted octanol–water partition coefficient (Wildman–Crippen LogP) is 5.63. The maximum atomic E-state index is 14.6. The van der Waals surface area contributed by atoms with Crippen LogP contribution < -0.4 is 5.73 Å². The third-order valence-corrected chi connectivity index (χ3v) is 5.80. The molecular formula is C16H22BrClFN. The van der Waals surface area contributed by atoms with Gasteiger partial charge in [-0.1, -0.05) is 51.3 Å². The molecule has 2 N–H and O–H groups in total. The van der Waals surface area contributed by atoms with Gasteiger partial charge < -0.3 is 5.73 Å². The Morgan fingerprint density at radius 2 is 2.00 bits per heavy atom. The van der Waals surface area contributed by atoms with Crippen LogP contribution in [0.25, 0.3) is 0 Å². The molecule has 0 bridgehead atoms. The highest BCUT2D eigenvalue weighted by Crippen LogP contribution is 2.49. The topological polar surface area (TPSA) is 26.0 Å². The third-order valence-electron chi connectivity index (χ3n) is 4.54. The van der Waals surface area contributed by atoms with Gasteiger partial charge in [-0.25, -0.2) is 4.39 Å². The zero-order valence-corrected chi connectivity index (χ0v) is 14.6. The zero-order valence-electron chi connectivity index (χ0n) is 12.3. The summed E-state index contributed by atoms with van der Waals surface area (Å²) in [6.07, 6.45) is 4.04. The van der Waals surface area contributed by atoms with Gasteiger partial charge in [-0.2, -0.15) is 0 Å². The molecule has 2 rings (SSSR count). The molecule has 0 amide bonds. The molecule has 1 aromatic rings. The van der Waals surface area contributed by atoms with Crippen molar-refractivity contribution in [1.29, 1.82) is 0 Å². The molecule has 0 radical (unpaired) electrons. The summed E-state index contributed by atoms with van der Waals surface area (Å²) < 4.78 is 15.2. The quantitative estimate of drug-likeness (QED) is 0.643. The van der Waals surface area contributed by atoms with E-state index in [1.165, 1.54) is 0 Å². The maximum absolute atomic E-state index is 14.6. The van der Waals surface area contributed by atoms with Crippen molar-refractivity contribution in [2.45, 2.75) is 52.0 Å². The molecule has 0 aliphatic heterocycles. The summed E-state index contributed by atoms with van der Waals surface area (Å²) in [6, 6.07) is 3.58. The lowest BCUT2D eigenvalue weighted by Gasteiger charge is -2.48. The SMILES string of the molecule is CC(C)(C)C1CCCCC1(N)c1ccc(Br)c(Cl)c1F. The van der Waals surface area contributed by atoms with E-state index in [1.807, 2.05) is 0 Å². The number of rotatable bonds is 1. The molecule has 1 aliphatic rings. The van der Waals surface area contributed by atoms with Crippen LogP contribution in [0.5, 0.6) is 0 Å². The molecule has 0 aromatic heterocycles. The molecule has 2 unspecified atom stereocenters. The van der Waals surface area contributed by atoms with Gasteiger partial charge in [-0.05, 0) is 46.2 Å². The van der Waals surface area contributed by atoms with E-state index in [0.29, 0.717) is 10.0 Å². The molecule has 1 saturated carbocycles. The van der Waals surface area contributed by atoms with Crippen LogP contribution in [0.1, 0.15) is 52.0 Å². The Morgan fingerprint density at radius 3 is 2.60 bits per heavy atom. The first-order chi connectivity index (χ1) is 9.18. The van der Waals surface area contributed by atoms with Gasteiger partial charge in [0.15, 0.2) is 0 Å². The van der Waals surface area contributed by atoms with Crippen LogP contribution in [0.2, 0.25) is 5.02 Å². The molecular weight excluding hydrogens is 341 g/mol. The predicted molar refractivity (Wildman–Crippen MR) is 86.4 cm³/mol. The van der Waals surface area contributed by atoms with E-state index in [4.69, 9.17) is 17.3 Å². The molecule has 1 nitrogen and oxygen atoms in total. The summed E-state index contributed by atoms with van der Waals surface area (Å²) in [5.74, 6) is -0.129. The van der Waals surface area contributed by atoms with Crippen molar-refractivity contribution in [3.63, 3.8) is 0 Å². The van der Waals surface area contributed by atoms with Crippen molar-refractivity contribution in [2.75, 3.05) is 0 Å². The molecule has 1 aliphatic carbocycles. The normalized spacial score (nSPS) is 27.6. The van der Waals surface area contributed by atoms with Gasteiger partial charge in [0.2, 0.25) is 0 Å². The molecule has 0 heterocycles. The highest BCUT2D eigenvalue weighted by atomic mass is 79.9. The van der Waals surface area contributed by atoms with Crippen LogP contribution in [0, 0.1) is 17.2 Å². The first-order valence-electron chi connectivity index (χ1n) is 7.11. The third kappa shape index (κ3) is 2.77. The highest BCUT2D eigenvalue weighted by Gasteiger charge is 2.46. The summed E-state index contributed by atoms with van der Waals surface area (Å²) >= 11 is 9.31. The van der Waals surface area contributed by atoms with Crippen LogP contribution in [-0.2, 0) is 5.54 Å².